The molecular formula is C28H32N4O6. The quantitative estimate of drug-likeness (QED) is 0.415. The number of likely N-dealkylation sites (tertiary alicyclic amines) is 1. The molecule has 1 aliphatic rings. The molecule has 38 heavy (non-hydrogen) atoms. The lowest BCUT2D eigenvalue weighted by Gasteiger charge is -2.34. The van der Waals surface area contributed by atoms with Crippen LogP contribution in [-0.4, -0.2) is 56.5 Å². The number of nitrogens with one attached hydrogen (secondary N) is 2. The number of amides is 2. The van der Waals surface area contributed by atoms with Gasteiger partial charge in [0.2, 0.25) is 11.8 Å². The second kappa shape index (κ2) is 11.5. The van der Waals surface area contributed by atoms with E-state index in [1.54, 1.807) is 67.3 Å². The van der Waals surface area contributed by atoms with Crippen LogP contribution >= 0.6 is 0 Å². The predicted octanol–water partition coefficient (Wildman–Crippen LogP) is 1.94. The number of nitrogens with zero attached hydrogens (tertiary/aromatic N) is 2. The normalized spacial score (nSPS) is 15.8. The number of carbonyl (C=O) groups excluding carboxylic acids is 2. The van der Waals surface area contributed by atoms with E-state index in [1.807, 2.05) is 6.07 Å². The van der Waals surface area contributed by atoms with Crippen molar-refractivity contribution >= 4 is 28.7 Å². The van der Waals surface area contributed by atoms with E-state index in [2.05, 4.69) is 10.3 Å². The zero-order chi connectivity index (χ0) is 27.4. The first kappa shape index (κ1) is 26.8. The Morgan fingerprint density at radius 1 is 1.00 bits per heavy atom. The van der Waals surface area contributed by atoms with Gasteiger partial charge < -0.3 is 20.3 Å². The standard InChI is InChI=1S/C28H32N4O6/c1-17(2)23(26(35)31-14-12-19(13-15-31)27(36)37)30-24(33)22(16-18-8-4-3-5-9-18)32-25(34)20-10-6-7-11-21(20)29-28(32)38/h3-11,17,19,22-23H,12-16H2,1-2H3,(H,29,38)(H,30,33)(H,36,37)/t22-,23-/m0/s1. The Kier molecular flexibility index (Phi) is 8.09. The first-order chi connectivity index (χ1) is 18.2. The molecule has 0 saturated carbocycles. The first-order valence-corrected chi connectivity index (χ1v) is 12.8. The van der Waals surface area contributed by atoms with Gasteiger partial charge in [0.05, 0.1) is 16.8 Å². The van der Waals surface area contributed by atoms with Crippen molar-refractivity contribution in [2.75, 3.05) is 13.1 Å². The minimum Gasteiger partial charge on any atom is -0.481 e. The number of para-hydroxylation sites is 1. The average Bonchev–Trinajstić information content (AvgIpc) is 2.91. The summed E-state index contributed by atoms with van der Waals surface area (Å²) in [4.78, 5) is 69.2. The van der Waals surface area contributed by atoms with Crippen LogP contribution in [0.15, 0.2) is 64.2 Å². The molecule has 10 heteroatoms. The van der Waals surface area contributed by atoms with E-state index in [9.17, 15) is 29.1 Å². The fraction of sp³-hybridized carbons (Fsp3) is 0.393. The lowest BCUT2D eigenvalue weighted by Crippen LogP contribution is -2.55. The highest BCUT2D eigenvalue weighted by molar-refractivity contribution is 5.90. The summed E-state index contributed by atoms with van der Waals surface area (Å²) >= 11 is 0. The highest BCUT2D eigenvalue weighted by atomic mass is 16.4. The maximum atomic E-state index is 13.8. The fourth-order valence-corrected chi connectivity index (χ4v) is 4.90. The SMILES string of the molecule is CC(C)[C@H](NC(=O)[C@H](Cc1ccccc1)n1c(=O)[nH]c2ccccc2c1=O)C(=O)N1CCC(C(=O)O)CC1. The monoisotopic (exact) mass is 520 g/mol. The van der Waals surface area contributed by atoms with E-state index >= 15 is 0 Å². The maximum absolute atomic E-state index is 13.8. The Balaban J connectivity index is 1.66. The number of hydrogen-bond acceptors (Lipinski definition) is 5. The molecule has 200 valence electrons. The molecule has 2 atom stereocenters. The summed E-state index contributed by atoms with van der Waals surface area (Å²) in [5.74, 6) is -2.58. The number of hydrogen-bond donors (Lipinski definition) is 3. The molecule has 1 saturated heterocycles. The van der Waals surface area contributed by atoms with Crippen molar-refractivity contribution in [3.63, 3.8) is 0 Å². The van der Waals surface area contributed by atoms with Gasteiger partial charge in [-0.1, -0.05) is 56.3 Å². The molecule has 1 aliphatic heterocycles. The minimum atomic E-state index is -1.20. The number of H-pyrrole nitrogens is 1. The van der Waals surface area contributed by atoms with Gasteiger partial charge in [-0.3, -0.25) is 19.2 Å². The van der Waals surface area contributed by atoms with E-state index in [0.717, 1.165) is 10.1 Å². The third kappa shape index (κ3) is 5.69. The predicted molar refractivity (Wildman–Crippen MR) is 142 cm³/mol. The fourth-order valence-electron chi connectivity index (χ4n) is 4.90. The Hall–Kier alpha value is -4.21. The van der Waals surface area contributed by atoms with Gasteiger partial charge in [-0.25, -0.2) is 9.36 Å². The summed E-state index contributed by atoms with van der Waals surface area (Å²) in [7, 11) is 0. The molecule has 0 unspecified atom stereocenters. The molecule has 0 radical (unpaired) electrons. The summed E-state index contributed by atoms with van der Waals surface area (Å²) in [6.07, 6.45) is 0.758. The highest BCUT2D eigenvalue weighted by Crippen LogP contribution is 2.20. The van der Waals surface area contributed by atoms with Crippen molar-refractivity contribution in [2.24, 2.45) is 11.8 Å². The molecule has 3 N–H and O–H groups in total. The molecule has 1 fully saturated rings. The van der Waals surface area contributed by atoms with Gasteiger partial charge in [-0.05, 0) is 36.5 Å². The molecule has 2 heterocycles. The molecule has 0 bridgehead atoms. The molecule has 2 amide bonds. The number of rotatable bonds is 8. The minimum absolute atomic E-state index is 0.0665. The Labute approximate surface area is 219 Å². The van der Waals surface area contributed by atoms with Crippen LogP contribution in [0.25, 0.3) is 10.9 Å². The van der Waals surface area contributed by atoms with Gasteiger partial charge in [0.15, 0.2) is 0 Å². The summed E-state index contributed by atoms with van der Waals surface area (Å²) in [6, 6.07) is 13.5. The Morgan fingerprint density at radius 3 is 2.26 bits per heavy atom. The molecule has 10 nitrogen and oxygen atoms in total. The topological polar surface area (TPSA) is 142 Å². The van der Waals surface area contributed by atoms with Crippen molar-refractivity contribution in [3.8, 4) is 0 Å². The molecule has 3 aromatic rings. The van der Waals surface area contributed by atoms with Crippen LogP contribution < -0.4 is 16.6 Å². The van der Waals surface area contributed by atoms with Gasteiger partial charge in [-0.15, -0.1) is 0 Å². The molecule has 1 aromatic heterocycles. The lowest BCUT2D eigenvalue weighted by atomic mass is 9.95. The van der Waals surface area contributed by atoms with Gasteiger partial charge in [0, 0.05) is 19.5 Å². The number of aromatic amines is 1. The third-order valence-corrected chi connectivity index (χ3v) is 7.11. The van der Waals surface area contributed by atoms with Crippen LogP contribution in [0.4, 0.5) is 0 Å². The summed E-state index contributed by atoms with van der Waals surface area (Å²) in [5.41, 5.74) is -0.190. The van der Waals surface area contributed by atoms with E-state index < -0.39 is 41.1 Å². The van der Waals surface area contributed by atoms with Gasteiger partial charge in [-0.2, -0.15) is 0 Å². The Morgan fingerprint density at radius 2 is 1.63 bits per heavy atom. The molecular weight excluding hydrogens is 488 g/mol. The van der Waals surface area contributed by atoms with Crippen LogP contribution in [0.1, 0.15) is 38.3 Å². The summed E-state index contributed by atoms with van der Waals surface area (Å²) < 4.78 is 0.922. The van der Waals surface area contributed by atoms with Crippen LogP contribution in [0.2, 0.25) is 0 Å². The molecule has 4 rings (SSSR count). The number of fused-ring (bicyclic) bond motifs is 1. The van der Waals surface area contributed by atoms with Gasteiger partial charge in [0.1, 0.15) is 12.1 Å². The first-order valence-electron chi connectivity index (χ1n) is 12.8. The average molecular weight is 521 g/mol. The largest absolute Gasteiger partial charge is 0.481 e. The highest BCUT2D eigenvalue weighted by Gasteiger charge is 2.35. The van der Waals surface area contributed by atoms with Crippen molar-refractivity contribution in [3.05, 3.63) is 81.0 Å². The van der Waals surface area contributed by atoms with Crippen LogP contribution in [0.5, 0.6) is 0 Å². The summed E-state index contributed by atoms with van der Waals surface area (Å²) in [5, 5.41) is 12.3. The van der Waals surface area contributed by atoms with Crippen molar-refractivity contribution in [1.82, 2.24) is 19.8 Å². The smallest absolute Gasteiger partial charge is 0.329 e. The number of aliphatic carboxylic acids is 1. The second-order valence-electron chi connectivity index (χ2n) is 10.0. The van der Waals surface area contributed by atoms with Gasteiger partial charge >= 0.3 is 11.7 Å². The number of carboxylic acids is 1. The molecule has 2 aromatic carbocycles. The number of aromatic nitrogens is 2. The van der Waals surface area contributed by atoms with Crippen LogP contribution in [-0.2, 0) is 20.8 Å². The molecule has 0 aliphatic carbocycles. The molecule has 0 spiro atoms. The Bertz CT molecular complexity index is 1440. The van der Waals surface area contributed by atoms with E-state index in [-0.39, 0.29) is 36.7 Å². The van der Waals surface area contributed by atoms with Crippen molar-refractivity contribution in [2.45, 2.75) is 45.2 Å². The summed E-state index contributed by atoms with van der Waals surface area (Å²) in [6.45, 7) is 4.17. The van der Waals surface area contributed by atoms with E-state index in [0.29, 0.717) is 18.4 Å². The van der Waals surface area contributed by atoms with Gasteiger partial charge in [0.25, 0.3) is 5.56 Å². The zero-order valence-electron chi connectivity index (χ0n) is 21.4. The number of piperidine rings is 1. The number of carbonyl (C=O) groups is 3. The second-order valence-corrected chi connectivity index (χ2v) is 10.0. The maximum Gasteiger partial charge on any atom is 0.329 e. The number of benzene rings is 2. The lowest BCUT2D eigenvalue weighted by molar-refractivity contribution is -0.146. The van der Waals surface area contributed by atoms with E-state index in [4.69, 9.17) is 0 Å². The van der Waals surface area contributed by atoms with Crippen molar-refractivity contribution < 1.29 is 19.5 Å². The zero-order valence-corrected chi connectivity index (χ0v) is 21.4. The van der Waals surface area contributed by atoms with E-state index in [1.165, 1.54) is 0 Å². The van der Waals surface area contributed by atoms with Crippen LogP contribution in [0.3, 0.4) is 0 Å². The number of carboxylic acid groups (broad SMARTS) is 1. The van der Waals surface area contributed by atoms with Crippen molar-refractivity contribution in [1.29, 1.82) is 0 Å². The third-order valence-electron chi connectivity index (χ3n) is 7.11. The van der Waals surface area contributed by atoms with Crippen LogP contribution in [0, 0.1) is 11.8 Å².